The molecule has 0 aromatic carbocycles. The molecule has 0 saturated carbocycles. The van der Waals surface area contributed by atoms with E-state index in [1.807, 2.05) is 0 Å². The van der Waals surface area contributed by atoms with Crippen molar-refractivity contribution in [3.05, 3.63) is 24.8 Å². The standard InChI is InChI=1S/C12H17N3O3/c1-4-12(18)15-8-13(5-10(2)6-16)7-14(9-15)11(3)17/h4,6H,1-2,5,7-9H2,3H3. The maximum atomic E-state index is 11.6. The van der Waals surface area contributed by atoms with E-state index in [-0.39, 0.29) is 18.5 Å². The molecule has 1 heterocycles. The third kappa shape index (κ3) is 3.53. The molecule has 0 unspecified atom stereocenters. The summed E-state index contributed by atoms with van der Waals surface area (Å²) in [5, 5.41) is 0. The van der Waals surface area contributed by atoms with Crippen LogP contribution in [0.25, 0.3) is 0 Å². The summed E-state index contributed by atoms with van der Waals surface area (Å²) in [6.45, 7) is 9.75. The van der Waals surface area contributed by atoms with E-state index < -0.39 is 0 Å². The smallest absolute Gasteiger partial charge is 0.248 e. The van der Waals surface area contributed by atoms with E-state index in [2.05, 4.69) is 13.2 Å². The summed E-state index contributed by atoms with van der Waals surface area (Å²) in [7, 11) is 0. The van der Waals surface area contributed by atoms with Gasteiger partial charge in [-0.25, -0.2) is 0 Å². The second-order valence-corrected chi connectivity index (χ2v) is 4.17. The third-order valence-corrected chi connectivity index (χ3v) is 2.61. The van der Waals surface area contributed by atoms with Crippen LogP contribution in [0.2, 0.25) is 0 Å². The lowest BCUT2D eigenvalue weighted by Gasteiger charge is -2.41. The molecule has 18 heavy (non-hydrogen) atoms. The Morgan fingerprint density at radius 3 is 2.33 bits per heavy atom. The van der Waals surface area contributed by atoms with Crippen molar-refractivity contribution in [1.29, 1.82) is 0 Å². The van der Waals surface area contributed by atoms with Crippen LogP contribution in [0, 0.1) is 0 Å². The van der Waals surface area contributed by atoms with Gasteiger partial charge in [0.25, 0.3) is 0 Å². The molecular formula is C12H17N3O3. The molecule has 0 N–H and O–H groups in total. The minimum absolute atomic E-state index is 0.127. The Hall–Kier alpha value is -1.95. The van der Waals surface area contributed by atoms with Crippen LogP contribution in [-0.2, 0) is 14.4 Å². The summed E-state index contributed by atoms with van der Waals surface area (Å²) in [6.07, 6.45) is 1.88. The van der Waals surface area contributed by atoms with Gasteiger partial charge in [0.05, 0.1) is 20.0 Å². The maximum Gasteiger partial charge on any atom is 0.248 e. The number of nitrogens with zero attached hydrogens (tertiary/aromatic N) is 3. The van der Waals surface area contributed by atoms with E-state index >= 15 is 0 Å². The second-order valence-electron chi connectivity index (χ2n) is 4.17. The van der Waals surface area contributed by atoms with Gasteiger partial charge in [0, 0.05) is 13.5 Å². The van der Waals surface area contributed by atoms with E-state index in [1.54, 1.807) is 4.90 Å². The molecule has 0 atom stereocenters. The van der Waals surface area contributed by atoms with Gasteiger partial charge in [-0.1, -0.05) is 13.2 Å². The van der Waals surface area contributed by atoms with Crippen molar-refractivity contribution >= 4 is 18.1 Å². The van der Waals surface area contributed by atoms with Gasteiger partial charge in [-0.05, 0) is 11.6 Å². The van der Waals surface area contributed by atoms with Gasteiger partial charge in [-0.2, -0.15) is 0 Å². The lowest BCUT2D eigenvalue weighted by Crippen LogP contribution is -2.57. The van der Waals surface area contributed by atoms with E-state index in [9.17, 15) is 14.4 Å². The highest BCUT2D eigenvalue weighted by Gasteiger charge is 2.26. The highest BCUT2D eigenvalue weighted by molar-refractivity contribution is 5.87. The van der Waals surface area contributed by atoms with Crippen LogP contribution < -0.4 is 0 Å². The summed E-state index contributed by atoms with van der Waals surface area (Å²) < 4.78 is 0. The molecule has 1 rings (SSSR count). The molecule has 0 bridgehead atoms. The summed E-state index contributed by atoms with van der Waals surface area (Å²) in [5.41, 5.74) is 0.409. The number of hydrogen-bond acceptors (Lipinski definition) is 4. The second kappa shape index (κ2) is 6.11. The number of amides is 2. The minimum atomic E-state index is -0.248. The normalized spacial score (nSPS) is 16.3. The van der Waals surface area contributed by atoms with Crippen LogP contribution in [0.5, 0.6) is 0 Å². The maximum absolute atomic E-state index is 11.6. The average molecular weight is 251 g/mol. The van der Waals surface area contributed by atoms with Gasteiger partial charge in [0.2, 0.25) is 11.8 Å². The highest BCUT2D eigenvalue weighted by Crippen LogP contribution is 2.09. The fourth-order valence-corrected chi connectivity index (χ4v) is 1.72. The molecule has 2 amide bonds. The van der Waals surface area contributed by atoms with Crippen LogP contribution in [-0.4, -0.2) is 59.4 Å². The van der Waals surface area contributed by atoms with Crippen molar-refractivity contribution in [2.75, 3.05) is 26.6 Å². The lowest BCUT2D eigenvalue weighted by molar-refractivity contribution is -0.147. The molecule has 98 valence electrons. The Kier molecular flexibility index (Phi) is 4.79. The molecule has 1 saturated heterocycles. The molecule has 6 nitrogen and oxygen atoms in total. The van der Waals surface area contributed by atoms with Gasteiger partial charge in [-0.15, -0.1) is 0 Å². The topological polar surface area (TPSA) is 60.9 Å². The van der Waals surface area contributed by atoms with E-state index in [0.29, 0.717) is 31.7 Å². The average Bonchev–Trinajstić information content (AvgIpc) is 2.37. The number of aldehydes is 1. The Labute approximate surface area is 106 Å². The highest BCUT2D eigenvalue weighted by atomic mass is 16.2. The number of carbonyl (C=O) groups is 3. The molecular weight excluding hydrogens is 234 g/mol. The fourth-order valence-electron chi connectivity index (χ4n) is 1.72. The molecule has 0 aromatic heterocycles. The van der Waals surface area contributed by atoms with Gasteiger partial charge in [0.1, 0.15) is 6.29 Å². The zero-order chi connectivity index (χ0) is 13.7. The van der Waals surface area contributed by atoms with Crippen LogP contribution >= 0.6 is 0 Å². The van der Waals surface area contributed by atoms with Crippen LogP contribution in [0.15, 0.2) is 24.8 Å². The SMILES string of the molecule is C=CC(=O)N1CN(CC(=C)C=O)CN(C(C)=O)C1. The fraction of sp³-hybridized carbons (Fsp3) is 0.417. The van der Waals surface area contributed by atoms with Gasteiger partial charge in [-0.3, -0.25) is 19.3 Å². The van der Waals surface area contributed by atoms with Gasteiger partial charge >= 0.3 is 0 Å². The molecule has 6 heteroatoms. The van der Waals surface area contributed by atoms with Crippen molar-refractivity contribution in [1.82, 2.24) is 14.7 Å². The Morgan fingerprint density at radius 2 is 1.83 bits per heavy atom. The summed E-state index contributed by atoms with van der Waals surface area (Å²) >= 11 is 0. The third-order valence-electron chi connectivity index (χ3n) is 2.61. The molecule has 0 spiro atoms. The van der Waals surface area contributed by atoms with E-state index in [1.165, 1.54) is 22.8 Å². The van der Waals surface area contributed by atoms with Crippen molar-refractivity contribution in [3.8, 4) is 0 Å². The minimum Gasteiger partial charge on any atom is -0.312 e. The molecule has 0 aliphatic carbocycles. The largest absolute Gasteiger partial charge is 0.312 e. The number of carbonyl (C=O) groups excluding carboxylic acids is 3. The first-order valence-corrected chi connectivity index (χ1v) is 5.50. The first kappa shape index (κ1) is 14.1. The number of hydrogen-bond donors (Lipinski definition) is 0. The Balaban J connectivity index is 2.76. The predicted molar refractivity (Wildman–Crippen MR) is 66.1 cm³/mol. The van der Waals surface area contributed by atoms with Crippen LogP contribution in [0.4, 0.5) is 0 Å². The van der Waals surface area contributed by atoms with E-state index in [4.69, 9.17) is 0 Å². The van der Waals surface area contributed by atoms with Crippen molar-refractivity contribution in [2.45, 2.75) is 6.92 Å². The predicted octanol–water partition coefficient (Wildman–Crippen LogP) is -0.207. The summed E-state index contributed by atoms with van der Waals surface area (Å²) in [4.78, 5) is 38.3. The van der Waals surface area contributed by atoms with E-state index in [0.717, 1.165) is 0 Å². The monoisotopic (exact) mass is 251 g/mol. The van der Waals surface area contributed by atoms with Crippen molar-refractivity contribution < 1.29 is 14.4 Å². The lowest BCUT2D eigenvalue weighted by atomic mass is 10.3. The molecule has 1 aliphatic rings. The van der Waals surface area contributed by atoms with Crippen molar-refractivity contribution in [3.63, 3.8) is 0 Å². The van der Waals surface area contributed by atoms with Gasteiger partial charge < -0.3 is 9.80 Å². The van der Waals surface area contributed by atoms with Gasteiger partial charge in [0.15, 0.2) is 0 Å². The van der Waals surface area contributed by atoms with Crippen molar-refractivity contribution in [2.24, 2.45) is 0 Å². The summed E-state index contributed by atoms with van der Waals surface area (Å²) in [6, 6.07) is 0. The zero-order valence-corrected chi connectivity index (χ0v) is 10.5. The quantitative estimate of drug-likeness (QED) is 0.512. The zero-order valence-electron chi connectivity index (χ0n) is 10.5. The van der Waals surface area contributed by atoms with Crippen LogP contribution in [0.1, 0.15) is 6.92 Å². The Bertz CT molecular complexity index is 392. The molecule has 0 radical (unpaired) electrons. The van der Waals surface area contributed by atoms with Crippen LogP contribution in [0.3, 0.4) is 0 Å². The molecule has 1 fully saturated rings. The first-order valence-electron chi connectivity index (χ1n) is 5.50. The summed E-state index contributed by atoms with van der Waals surface area (Å²) in [5.74, 6) is -0.374. The molecule has 0 aromatic rings. The number of rotatable bonds is 4. The Morgan fingerprint density at radius 1 is 1.22 bits per heavy atom. The molecule has 1 aliphatic heterocycles. The first-order chi connectivity index (χ1) is 8.47.